The molecule has 1 aromatic rings. The second-order valence-corrected chi connectivity index (χ2v) is 4.57. The average Bonchev–Trinajstić information content (AvgIpc) is 2.83. The van der Waals surface area contributed by atoms with Crippen LogP contribution in [-0.2, 0) is 9.59 Å². The molecule has 2 amide bonds. The van der Waals surface area contributed by atoms with Crippen LogP contribution in [0.5, 0.6) is 0 Å². The Balaban J connectivity index is 0.00000200. The summed E-state index contributed by atoms with van der Waals surface area (Å²) < 4.78 is 0. The van der Waals surface area contributed by atoms with Gasteiger partial charge < -0.3 is 15.5 Å². The smallest absolute Gasteiger partial charge is 0.227 e. The molecule has 1 heterocycles. The normalized spacial score (nSPS) is 14.1. The van der Waals surface area contributed by atoms with E-state index in [0.717, 1.165) is 18.7 Å². The van der Waals surface area contributed by atoms with Crippen LogP contribution in [0.15, 0.2) is 24.3 Å². The molecule has 5 nitrogen and oxygen atoms in total. The quantitative estimate of drug-likeness (QED) is 0.871. The third kappa shape index (κ3) is 3.95. The topological polar surface area (TPSA) is 61.4 Å². The summed E-state index contributed by atoms with van der Waals surface area (Å²) in [6.45, 7) is 1.36. The number of hydrogen-bond acceptors (Lipinski definition) is 3. The molecule has 0 bridgehead atoms. The van der Waals surface area contributed by atoms with Gasteiger partial charge in [-0.2, -0.15) is 0 Å². The zero-order valence-corrected chi connectivity index (χ0v) is 12.3. The van der Waals surface area contributed by atoms with Gasteiger partial charge >= 0.3 is 0 Å². The summed E-state index contributed by atoms with van der Waals surface area (Å²) in [7, 11) is 1.81. The molecule has 1 saturated heterocycles. The average molecular weight is 298 g/mol. The number of hydrogen-bond donors (Lipinski definition) is 2. The minimum absolute atomic E-state index is 0. The van der Waals surface area contributed by atoms with E-state index in [2.05, 4.69) is 10.6 Å². The number of benzene rings is 1. The van der Waals surface area contributed by atoms with Crippen molar-refractivity contribution in [3.63, 3.8) is 0 Å². The standard InChI is InChI=1S/C14H19N3O2.ClH/c1-15-9-8-13(18)16-11-5-2-3-6-12(11)17-10-4-7-14(17)19;/h2-3,5-6,15H,4,7-10H2,1H3,(H,16,18);1H. The van der Waals surface area contributed by atoms with E-state index in [9.17, 15) is 9.59 Å². The maximum Gasteiger partial charge on any atom is 0.227 e. The number of rotatable bonds is 5. The molecule has 0 aromatic heterocycles. The molecule has 1 aliphatic heterocycles. The summed E-state index contributed by atoms with van der Waals surface area (Å²) in [4.78, 5) is 25.3. The van der Waals surface area contributed by atoms with Crippen molar-refractivity contribution in [2.24, 2.45) is 0 Å². The molecule has 20 heavy (non-hydrogen) atoms. The lowest BCUT2D eigenvalue weighted by Crippen LogP contribution is -2.26. The Hall–Kier alpha value is -1.59. The first-order chi connectivity index (χ1) is 9.22. The fourth-order valence-electron chi connectivity index (χ4n) is 2.17. The monoisotopic (exact) mass is 297 g/mol. The second kappa shape index (κ2) is 7.87. The van der Waals surface area contributed by atoms with E-state index in [4.69, 9.17) is 0 Å². The summed E-state index contributed by atoms with van der Waals surface area (Å²) in [5.41, 5.74) is 1.50. The van der Waals surface area contributed by atoms with Crippen LogP contribution in [-0.4, -0.2) is 32.0 Å². The molecule has 0 aliphatic carbocycles. The molecule has 2 N–H and O–H groups in total. The number of nitrogens with one attached hydrogen (secondary N) is 2. The van der Waals surface area contributed by atoms with Gasteiger partial charge in [0.05, 0.1) is 11.4 Å². The van der Waals surface area contributed by atoms with Crippen molar-refractivity contribution in [2.75, 3.05) is 30.4 Å². The molecular formula is C14H20ClN3O2. The Labute approximate surface area is 125 Å². The summed E-state index contributed by atoms with van der Waals surface area (Å²) in [5.74, 6) is 0.0744. The first kappa shape index (κ1) is 16.5. The molecule has 6 heteroatoms. The molecule has 1 aliphatic rings. The number of para-hydroxylation sites is 2. The van der Waals surface area contributed by atoms with Gasteiger partial charge in [-0.3, -0.25) is 9.59 Å². The fourth-order valence-corrected chi connectivity index (χ4v) is 2.17. The summed E-state index contributed by atoms with van der Waals surface area (Å²) in [6, 6.07) is 7.44. The molecule has 0 spiro atoms. The number of halogens is 1. The van der Waals surface area contributed by atoms with Crippen LogP contribution in [0.2, 0.25) is 0 Å². The van der Waals surface area contributed by atoms with E-state index in [-0.39, 0.29) is 24.2 Å². The van der Waals surface area contributed by atoms with Crippen molar-refractivity contribution in [1.29, 1.82) is 0 Å². The van der Waals surface area contributed by atoms with E-state index in [1.54, 1.807) is 4.90 Å². The van der Waals surface area contributed by atoms with Crippen molar-refractivity contribution in [2.45, 2.75) is 19.3 Å². The lowest BCUT2D eigenvalue weighted by molar-refractivity contribution is -0.117. The molecule has 2 rings (SSSR count). The molecular weight excluding hydrogens is 278 g/mol. The summed E-state index contributed by atoms with van der Waals surface area (Å²) in [6.07, 6.45) is 1.88. The van der Waals surface area contributed by atoms with E-state index < -0.39 is 0 Å². The highest BCUT2D eigenvalue weighted by molar-refractivity contribution is 6.02. The SMILES string of the molecule is CNCCC(=O)Nc1ccccc1N1CCCC1=O.Cl. The Kier molecular flexibility index (Phi) is 6.48. The minimum Gasteiger partial charge on any atom is -0.324 e. The molecule has 0 unspecified atom stereocenters. The third-order valence-corrected chi connectivity index (χ3v) is 3.14. The third-order valence-electron chi connectivity index (χ3n) is 3.14. The van der Waals surface area contributed by atoms with E-state index in [0.29, 0.717) is 25.1 Å². The molecule has 110 valence electrons. The number of carbonyl (C=O) groups is 2. The Morgan fingerprint density at radius 2 is 2.10 bits per heavy atom. The zero-order valence-electron chi connectivity index (χ0n) is 11.5. The first-order valence-electron chi connectivity index (χ1n) is 6.56. The fraction of sp³-hybridized carbons (Fsp3) is 0.429. The Morgan fingerprint density at radius 3 is 2.75 bits per heavy atom. The zero-order chi connectivity index (χ0) is 13.7. The van der Waals surface area contributed by atoms with Crippen molar-refractivity contribution >= 4 is 35.6 Å². The summed E-state index contributed by atoms with van der Waals surface area (Å²) in [5, 5.41) is 5.81. The first-order valence-corrected chi connectivity index (χ1v) is 6.56. The van der Waals surface area contributed by atoms with Crippen LogP contribution >= 0.6 is 12.4 Å². The molecule has 1 fully saturated rings. The van der Waals surface area contributed by atoms with Gasteiger partial charge in [-0.1, -0.05) is 12.1 Å². The van der Waals surface area contributed by atoms with Gasteiger partial charge in [-0.05, 0) is 25.6 Å². The Morgan fingerprint density at radius 1 is 1.35 bits per heavy atom. The number of nitrogens with zero attached hydrogens (tertiary/aromatic N) is 1. The van der Waals surface area contributed by atoms with Crippen molar-refractivity contribution in [1.82, 2.24) is 5.32 Å². The van der Waals surface area contributed by atoms with Crippen molar-refractivity contribution in [3.05, 3.63) is 24.3 Å². The largest absolute Gasteiger partial charge is 0.324 e. The highest BCUT2D eigenvalue weighted by Crippen LogP contribution is 2.29. The van der Waals surface area contributed by atoms with Gasteiger partial charge in [-0.15, -0.1) is 12.4 Å². The van der Waals surface area contributed by atoms with Gasteiger partial charge in [0.15, 0.2) is 0 Å². The lowest BCUT2D eigenvalue weighted by Gasteiger charge is -2.19. The van der Waals surface area contributed by atoms with Crippen LogP contribution in [0.1, 0.15) is 19.3 Å². The Bertz CT molecular complexity index is 479. The highest BCUT2D eigenvalue weighted by Gasteiger charge is 2.23. The van der Waals surface area contributed by atoms with Crippen molar-refractivity contribution < 1.29 is 9.59 Å². The molecule has 0 saturated carbocycles. The maximum absolute atomic E-state index is 11.8. The van der Waals surface area contributed by atoms with E-state index >= 15 is 0 Å². The van der Waals surface area contributed by atoms with Crippen LogP contribution in [0, 0.1) is 0 Å². The van der Waals surface area contributed by atoms with E-state index in [1.807, 2.05) is 31.3 Å². The van der Waals surface area contributed by atoms with Crippen LogP contribution in [0.4, 0.5) is 11.4 Å². The number of carbonyl (C=O) groups excluding carboxylic acids is 2. The molecule has 0 radical (unpaired) electrons. The highest BCUT2D eigenvalue weighted by atomic mass is 35.5. The predicted molar refractivity (Wildman–Crippen MR) is 82.5 cm³/mol. The van der Waals surface area contributed by atoms with Gasteiger partial charge in [-0.25, -0.2) is 0 Å². The minimum atomic E-state index is -0.0477. The molecule has 0 atom stereocenters. The molecule has 1 aromatic carbocycles. The van der Waals surface area contributed by atoms with Gasteiger partial charge in [0.1, 0.15) is 0 Å². The maximum atomic E-state index is 11.8. The summed E-state index contributed by atoms with van der Waals surface area (Å²) >= 11 is 0. The van der Waals surface area contributed by atoms with Gasteiger partial charge in [0.2, 0.25) is 11.8 Å². The van der Waals surface area contributed by atoms with Crippen LogP contribution in [0.3, 0.4) is 0 Å². The van der Waals surface area contributed by atoms with Crippen molar-refractivity contribution in [3.8, 4) is 0 Å². The van der Waals surface area contributed by atoms with Crippen LogP contribution in [0.25, 0.3) is 0 Å². The van der Waals surface area contributed by atoms with E-state index in [1.165, 1.54) is 0 Å². The number of anilines is 2. The second-order valence-electron chi connectivity index (χ2n) is 4.57. The van der Waals surface area contributed by atoms with Crippen LogP contribution < -0.4 is 15.5 Å². The predicted octanol–water partition coefficient (Wildman–Crippen LogP) is 1.78. The lowest BCUT2D eigenvalue weighted by atomic mass is 10.2. The number of amides is 2. The van der Waals surface area contributed by atoms with Gasteiger partial charge in [0.25, 0.3) is 0 Å². The van der Waals surface area contributed by atoms with Gasteiger partial charge in [0, 0.05) is 25.9 Å².